The van der Waals surface area contributed by atoms with Crippen molar-refractivity contribution in [1.29, 1.82) is 0 Å². The number of carbonyl (C=O) groups is 2. The van der Waals surface area contributed by atoms with E-state index in [2.05, 4.69) is 6.92 Å². The van der Waals surface area contributed by atoms with Crippen LogP contribution in [0.3, 0.4) is 0 Å². The van der Waals surface area contributed by atoms with Crippen LogP contribution < -0.4 is 5.73 Å². The minimum atomic E-state index is -0.506. The fraction of sp³-hybridized carbons (Fsp3) is 0.882. The number of carbonyl (C=O) groups excluding carboxylic acids is 2. The SMILES string of the molecule is CCCCCCCCCCCCCCCCCCCCCCCCCCCCCC(=O)/C=C(/C)C(N)=O. The van der Waals surface area contributed by atoms with Gasteiger partial charge in [0.25, 0.3) is 0 Å². The lowest BCUT2D eigenvalue weighted by Gasteiger charge is -2.04. The molecule has 0 radical (unpaired) electrons. The predicted molar refractivity (Wildman–Crippen MR) is 163 cm³/mol. The van der Waals surface area contributed by atoms with Gasteiger partial charge in [-0.15, -0.1) is 0 Å². The molecule has 0 atom stereocenters. The molecular formula is C34H65NO2. The van der Waals surface area contributed by atoms with E-state index in [1.165, 1.54) is 167 Å². The van der Waals surface area contributed by atoms with E-state index in [0.717, 1.165) is 12.8 Å². The highest BCUT2D eigenvalue weighted by molar-refractivity contribution is 6.00. The Balaban J connectivity index is 3.15. The van der Waals surface area contributed by atoms with E-state index >= 15 is 0 Å². The van der Waals surface area contributed by atoms with Crippen LogP contribution in [-0.2, 0) is 9.59 Å². The Morgan fingerprint density at radius 3 is 0.946 bits per heavy atom. The molecule has 0 aromatic carbocycles. The van der Waals surface area contributed by atoms with Gasteiger partial charge in [-0.05, 0) is 19.4 Å². The summed E-state index contributed by atoms with van der Waals surface area (Å²) in [5, 5.41) is 0. The summed E-state index contributed by atoms with van der Waals surface area (Å²) in [6.45, 7) is 3.89. The molecule has 1 amide bonds. The van der Waals surface area contributed by atoms with Gasteiger partial charge in [0.2, 0.25) is 5.91 Å². The van der Waals surface area contributed by atoms with Crippen molar-refractivity contribution in [2.24, 2.45) is 5.73 Å². The van der Waals surface area contributed by atoms with Crippen LogP contribution in [0.4, 0.5) is 0 Å². The van der Waals surface area contributed by atoms with Gasteiger partial charge in [0.05, 0.1) is 0 Å². The third-order valence-corrected chi connectivity index (χ3v) is 7.79. The lowest BCUT2D eigenvalue weighted by Crippen LogP contribution is -2.12. The van der Waals surface area contributed by atoms with E-state index in [1.807, 2.05) is 0 Å². The lowest BCUT2D eigenvalue weighted by molar-refractivity contribution is -0.117. The number of hydrogen-bond acceptors (Lipinski definition) is 2. The molecule has 0 aromatic heterocycles. The van der Waals surface area contributed by atoms with Crippen molar-refractivity contribution in [2.45, 2.75) is 194 Å². The van der Waals surface area contributed by atoms with Crippen LogP contribution in [0.5, 0.6) is 0 Å². The van der Waals surface area contributed by atoms with Crippen molar-refractivity contribution in [3.8, 4) is 0 Å². The van der Waals surface area contributed by atoms with Gasteiger partial charge >= 0.3 is 0 Å². The summed E-state index contributed by atoms with van der Waals surface area (Å²) in [7, 11) is 0. The van der Waals surface area contributed by atoms with E-state index in [1.54, 1.807) is 6.92 Å². The van der Waals surface area contributed by atoms with Gasteiger partial charge in [-0.3, -0.25) is 9.59 Å². The number of primary amides is 1. The Morgan fingerprint density at radius 1 is 0.459 bits per heavy atom. The monoisotopic (exact) mass is 520 g/mol. The van der Waals surface area contributed by atoms with Gasteiger partial charge < -0.3 is 5.73 Å². The van der Waals surface area contributed by atoms with Crippen molar-refractivity contribution in [2.75, 3.05) is 0 Å². The summed E-state index contributed by atoms with van der Waals surface area (Å²) in [6.07, 6.45) is 39.4. The first kappa shape index (κ1) is 35.9. The van der Waals surface area contributed by atoms with Gasteiger partial charge in [0.15, 0.2) is 5.78 Å². The third-order valence-electron chi connectivity index (χ3n) is 7.79. The highest BCUT2D eigenvalue weighted by Gasteiger charge is 2.03. The number of ketones is 1. The quantitative estimate of drug-likeness (QED) is 0.0757. The van der Waals surface area contributed by atoms with Crippen molar-refractivity contribution in [3.05, 3.63) is 11.6 Å². The van der Waals surface area contributed by atoms with E-state index in [4.69, 9.17) is 5.73 Å². The van der Waals surface area contributed by atoms with Crippen LogP contribution >= 0.6 is 0 Å². The van der Waals surface area contributed by atoms with Gasteiger partial charge in [-0.1, -0.05) is 174 Å². The molecule has 0 aliphatic rings. The predicted octanol–water partition coefficient (Wildman–Crippen LogP) is 10.9. The molecule has 3 nitrogen and oxygen atoms in total. The molecule has 0 aliphatic carbocycles. The second-order valence-electron chi connectivity index (χ2n) is 11.6. The standard InChI is InChI=1S/C34H65NO2/c1-3-4-5-6-7-8-9-10-11-12-13-14-15-16-17-18-19-20-21-22-23-24-25-26-27-28-29-30-33(36)31-32(2)34(35)37/h31H,3-30H2,1-2H3,(H2,35,37)/b32-31-. The Labute approximate surface area is 232 Å². The maximum Gasteiger partial charge on any atom is 0.244 e. The number of allylic oxidation sites excluding steroid dienone is 1. The van der Waals surface area contributed by atoms with Crippen molar-refractivity contribution in [3.63, 3.8) is 0 Å². The summed E-state index contributed by atoms with van der Waals surface area (Å²) < 4.78 is 0. The average Bonchev–Trinajstić information content (AvgIpc) is 2.88. The molecule has 0 heterocycles. The van der Waals surface area contributed by atoms with Crippen LogP contribution in [0.25, 0.3) is 0 Å². The fourth-order valence-corrected chi connectivity index (χ4v) is 5.18. The fourth-order valence-electron chi connectivity index (χ4n) is 5.18. The highest BCUT2D eigenvalue weighted by Crippen LogP contribution is 2.16. The zero-order valence-corrected chi connectivity index (χ0v) is 25.3. The summed E-state index contributed by atoms with van der Waals surface area (Å²) in [6, 6.07) is 0. The number of amides is 1. The van der Waals surface area contributed by atoms with Crippen LogP contribution in [0, 0.1) is 0 Å². The maximum absolute atomic E-state index is 11.7. The van der Waals surface area contributed by atoms with Crippen molar-refractivity contribution >= 4 is 11.7 Å². The second-order valence-corrected chi connectivity index (χ2v) is 11.6. The molecule has 0 bridgehead atoms. The van der Waals surface area contributed by atoms with Crippen LogP contribution in [0.2, 0.25) is 0 Å². The van der Waals surface area contributed by atoms with Gasteiger partial charge in [-0.2, -0.15) is 0 Å². The topological polar surface area (TPSA) is 60.2 Å². The molecule has 0 rings (SSSR count). The Morgan fingerprint density at radius 2 is 0.703 bits per heavy atom. The van der Waals surface area contributed by atoms with Crippen LogP contribution in [-0.4, -0.2) is 11.7 Å². The molecule has 0 spiro atoms. The van der Waals surface area contributed by atoms with E-state index in [-0.39, 0.29) is 5.78 Å². The largest absolute Gasteiger partial charge is 0.366 e. The molecule has 0 saturated heterocycles. The average molecular weight is 520 g/mol. The number of nitrogens with two attached hydrogens (primary N) is 1. The summed E-state index contributed by atoms with van der Waals surface area (Å²) in [5.41, 5.74) is 5.51. The smallest absolute Gasteiger partial charge is 0.244 e. The Hall–Kier alpha value is -1.12. The molecule has 0 aliphatic heterocycles. The Kier molecular flexibility index (Phi) is 28.5. The number of rotatable bonds is 30. The number of hydrogen-bond donors (Lipinski definition) is 1. The first-order chi connectivity index (χ1) is 18.1. The minimum absolute atomic E-state index is 0.0240. The normalized spacial score (nSPS) is 11.8. The van der Waals surface area contributed by atoms with Crippen molar-refractivity contribution < 1.29 is 9.59 Å². The van der Waals surface area contributed by atoms with Gasteiger partial charge in [-0.25, -0.2) is 0 Å². The molecule has 0 fully saturated rings. The first-order valence-electron chi connectivity index (χ1n) is 16.6. The molecule has 0 unspecified atom stereocenters. The van der Waals surface area contributed by atoms with Crippen LogP contribution in [0.15, 0.2) is 11.6 Å². The van der Waals surface area contributed by atoms with E-state index < -0.39 is 5.91 Å². The maximum atomic E-state index is 11.7. The zero-order chi connectivity index (χ0) is 27.2. The molecule has 3 heteroatoms. The molecule has 0 saturated carbocycles. The zero-order valence-electron chi connectivity index (χ0n) is 25.3. The van der Waals surface area contributed by atoms with Gasteiger partial charge in [0, 0.05) is 12.0 Å². The summed E-state index contributed by atoms with van der Waals surface area (Å²) >= 11 is 0. The van der Waals surface area contributed by atoms with Crippen molar-refractivity contribution in [1.82, 2.24) is 0 Å². The molecule has 2 N–H and O–H groups in total. The lowest BCUT2D eigenvalue weighted by atomic mass is 10.0. The van der Waals surface area contributed by atoms with Crippen LogP contribution in [0.1, 0.15) is 194 Å². The number of unbranched alkanes of at least 4 members (excludes halogenated alkanes) is 26. The first-order valence-corrected chi connectivity index (χ1v) is 16.6. The third kappa shape index (κ3) is 29.3. The minimum Gasteiger partial charge on any atom is -0.366 e. The Bertz CT molecular complexity index is 540. The highest BCUT2D eigenvalue weighted by atomic mass is 16.1. The summed E-state index contributed by atoms with van der Waals surface area (Å²) in [5.74, 6) is -0.482. The van der Waals surface area contributed by atoms with Gasteiger partial charge in [0.1, 0.15) is 0 Å². The van der Waals surface area contributed by atoms with E-state index in [9.17, 15) is 9.59 Å². The second kappa shape index (κ2) is 29.4. The molecule has 0 aromatic rings. The summed E-state index contributed by atoms with van der Waals surface area (Å²) in [4.78, 5) is 22.7. The van der Waals surface area contributed by atoms with E-state index in [0.29, 0.717) is 12.0 Å². The molecular weight excluding hydrogens is 454 g/mol. The molecule has 37 heavy (non-hydrogen) atoms. The molecule has 218 valence electrons.